The molecule has 0 amide bonds. The van der Waals surface area contributed by atoms with Crippen molar-refractivity contribution in [1.29, 1.82) is 0 Å². The van der Waals surface area contributed by atoms with E-state index in [-0.39, 0.29) is 17.4 Å². The summed E-state index contributed by atoms with van der Waals surface area (Å²) in [5.41, 5.74) is 0. The summed E-state index contributed by atoms with van der Waals surface area (Å²) < 4.78 is -1.61. The van der Waals surface area contributed by atoms with Gasteiger partial charge in [0.05, 0.1) is 0 Å². The molecule has 0 saturated heterocycles. The van der Waals surface area contributed by atoms with E-state index >= 15 is 0 Å². The largest absolute Gasteiger partial charge is 0.266 e. The molecule has 0 aliphatic rings. The number of hydrogen-bond acceptors (Lipinski definition) is 0. The second kappa shape index (κ2) is 3.66. The number of alkyl halides is 4. The van der Waals surface area contributed by atoms with E-state index in [1.54, 1.807) is 0 Å². The molecule has 0 atom stereocenters. The third-order valence-corrected chi connectivity index (χ3v) is 0. The van der Waals surface area contributed by atoms with Crippen LogP contribution in [0.25, 0.3) is 0 Å². The molecule has 0 spiro atoms. The highest BCUT2D eigenvalue weighted by Crippen LogP contribution is 2.29. The zero-order valence-corrected chi connectivity index (χ0v) is 5.04. The van der Waals surface area contributed by atoms with Crippen molar-refractivity contribution in [2.45, 2.75) is 3.25 Å². The van der Waals surface area contributed by atoms with Gasteiger partial charge in [0.1, 0.15) is 0 Å². The summed E-state index contributed by atoms with van der Waals surface area (Å²) in [5.74, 6) is 0. The summed E-state index contributed by atoms with van der Waals surface area (Å²) >= 11 is 19.3. The van der Waals surface area contributed by atoms with Crippen molar-refractivity contribution in [2.75, 3.05) is 0 Å². The lowest BCUT2D eigenvalue weighted by Gasteiger charge is -1.91. The maximum Gasteiger partial charge on any atom is 0.266 e. The van der Waals surface area contributed by atoms with Gasteiger partial charge < -0.3 is 0 Å². The third kappa shape index (κ3) is 43.8. The Bertz CT molecular complexity index is 23.0. The molecule has 0 aromatic rings. The van der Waals surface area contributed by atoms with Gasteiger partial charge in [-0.15, -0.1) is 0 Å². The Kier molecular flexibility index (Phi) is 6.49. The highest BCUT2D eigenvalue weighted by molar-refractivity contribution is 6.83. The first kappa shape index (κ1) is 10.6. The molecule has 0 radical (unpaired) electrons. The van der Waals surface area contributed by atoms with Crippen LogP contribution in [0.15, 0.2) is 0 Å². The van der Waals surface area contributed by atoms with Crippen LogP contribution in [-0.2, 0) is 0 Å². The highest BCUT2D eigenvalue weighted by atomic mass is 35.6. The monoisotopic (exact) mass is 182 g/mol. The highest BCUT2D eigenvalue weighted by Gasteiger charge is 2.11. The van der Waals surface area contributed by atoms with Gasteiger partial charge in [0, 0.05) is 0 Å². The predicted octanol–water partition coefficient (Wildman–Crippen LogP) is 1.37. The summed E-state index contributed by atoms with van der Waals surface area (Å²) in [6.45, 7) is 0. The van der Waals surface area contributed by atoms with Crippen LogP contribution in [0.2, 0.25) is 0 Å². The van der Waals surface area contributed by atoms with Crippen LogP contribution in [0.4, 0.5) is 0 Å². The Morgan fingerprint density at radius 1 is 0.833 bits per heavy atom. The smallest absolute Gasteiger partial charge is 0.0664 e. The minimum absolute atomic E-state index is 0. The van der Waals surface area contributed by atoms with Gasteiger partial charge in [-0.05, 0) is 0 Å². The van der Waals surface area contributed by atoms with Gasteiger partial charge in [-0.3, -0.25) is 0 Å². The van der Waals surface area contributed by atoms with Crippen LogP contribution >= 0.6 is 46.4 Å². The molecule has 0 aliphatic carbocycles. The van der Waals surface area contributed by atoms with Crippen LogP contribution < -0.4 is 0 Å². The summed E-state index contributed by atoms with van der Waals surface area (Å²) in [7, 11) is 0. The molecule has 0 fully saturated rings. The molecular formula is CH3AlCl4. The molecule has 0 bridgehead atoms. The lowest BCUT2D eigenvalue weighted by atomic mass is 11.8. The quantitative estimate of drug-likeness (QED) is 0.393. The zero-order valence-electron chi connectivity index (χ0n) is 2.01. The van der Waals surface area contributed by atoms with Gasteiger partial charge in [-0.25, -0.2) is 0 Å². The van der Waals surface area contributed by atoms with Crippen molar-refractivity contribution in [2.24, 2.45) is 0 Å². The molecule has 38 valence electrons. The molecule has 0 unspecified atom stereocenters. The first-order valence-electron chi connectivity index (χ1n) is 0.756. The van der Waals surface area contributed by atoms with Crippen LogP contribution in [0.3, 0.4) is 0 Å². The molecular weight excluding hydrogens is 181 g/mol. The minimum Gasteiger partial charge on any atom is -0.0664 e. The maximum absolute atomic E-state index is 4.83. The van der Waals surface area contributed by atoms with Crippen molar-refractivity contribution in [1.82, 2.24) is 0 Å². The number of rotatable bonds is 0. The van der Waals surface area contributed by atoms with E-state index < -0.39 is 3.25 Å². The first-order valence-corrected chi connectivity index (χ1v) is 2.27. The summed E-state index contributed by atoms with van der Waals surface area (Å²) in [6, 6.07) is 0. The molecule has 0 rings (SSSR count). The van der Waals surface area contributed by atoms with Gasteiger partial charge in [0.25, 0.3) is 3.25 Å². The molecule has 0 heterocycles. The van der Waals surface area contributed by atoms with Gasteiger partial charge in [0.15, 0.2) is 17.4 Å². The molecule has 0 N–H and O–H groups in total. The Labute approximate surface area is 66.8 Å². The fourth-order valence-electron chi connectivity index (χ4n) is 0. The van der Waals surface area contributed by atoms with E-state index in [1.807, 2.05) is 0 Å². The lowest BCUT2D eigenvalue weighted by Crippen LogP contribution is -1.81. The fourth-order valence-corrected chi connectivity index (χ4v) is 0. The van der Waals surface area contributed by atoms with Crippen molar-refractivity contribution < 1.29 is 0 Å². The van der Waals surface area contributed by atoms with E-state index in [9.17, 15) is 0 Å². The fraction of sp³-hybridized carbons (Fsp3) is 1.00. The van der Waals surface area contributed by atoms with Gasteiger partial charge in [-0.2, -0.15) is 0 Å². The molecule has 0 aromatic carbocycles. The SMILES string of the molecule is ClC(Cl)(Cl)Cl.[AlH3]. The van der Waals surface area contributed by atoms with E-state index in [1.165, 1.54) is 0 Å². The van der Waals surface area contributed by atoms with Gasteiger partial charge in [0.2, 0.25) is 0 Å². The molecule has 0 saturated carbocycles. The zero-order chi connectivity index (χ0) is 4.50. The van der Waals surface area contributed by atoms with E-state index in [4.69, 9.17) is 46.4 Å². The van der Waals surface area contributed by atoms with E-state index in [0.717, 1.165) is 0 Å². The van der Waals surface area contributed by atoms with Crippen molar-refractivity contribution in [3.05, 3.63) is 0 Å². The minimum atomic E-state index is -1.61. The van der Waals surface area contributed by atoms with Crippen molar-refractivity contribution in [3.8, 4) is 0 Å². The van der Waals surface area contributed by atoms with Crippen LogP contribution in [-0.4, -0.2) is 20.6 Å². The molecule has 5 heteroatoms. The Balaban J connectivity index is 0. The molecule has 0 aliphatic heterocycles. The average molecular weight is 184 g/mol. The summed E-state index contributed by atoms with van der Waals surface area (Å²) in [5, 5.41) is 0. The van der Waals surface area contributed by atoms with Crippen molar-refractivity contribution in [3.63, 3.8) is 0 Å². The van der Waals surface area contributed by atoms with Gasteiger partial charge in [-0.1, -0.05) is 46.4 Å². The Morgan fingerprint density at radius 2 is 0.833 bits per heavy atom. The summed E-state index contributed by atoms with van der Waals surface area (Å²) in [4.78, 5) is 0. The second-order valence-corrected chi connectivity index (χ2v) is 3.86. The normalized spacial score (nSPS) is 10.0. The Morgan fingerprint density at radius 3 is 0.833 bits per heavy atom. The van der Waals surface area contributed by atoms with E-state index in [2.05, 4.69) is 0 Å². The second-order valence-electron chi connectivity index (χ2n) is 0.429. The number of hydrogen-bond donors (Lipinski definition) is 0. The van der Waals surface area contributed by atoms with Gasteiger partial charge >= 0.3 is 0 Å². The Hall–Kier alpha value is 1.69. The number of halogens is 4. The van der Waals surface area contributed by atoms with E-state index in [0.29, 0.717) is 0 Å². The first-order chi connectivity index (χ1) is 2.00. The lowest BCUT2D eigenvalue weighted by molar-refractivity contribution is 1.76. The topological polar surface area (TPSA) is 0 Å². The predicted molar refractivity (Wildman–Crippen MR) is 36.1 cm³/mol. The summed E-state index contributed by atoms with van der Waals surface area (Å²) in [6.07, 6.45) is 0. The van der Waals surface area contributed by atoms with Crippen LogP contribution in [0, 0.1) is 0 Å². The molecule has 0 nitrogen and oxygen atoms in total. The third-order valence-electron chi connectivity index (χ3n) is 0. The standard InChI is InChI=1S/CCl4.Al.3H/c2-1(3,4)5;;;;. The maximum atomic E-state index is 4.83. The van der Waals surface area contributed by atoms with Crippen molar-refractivity contribution >= 4 is 63.8 Å². The average Bonchev–Trinajstić information content (AvgIpc) is 0.722. The molecule has 6 heavy (non-hydrogen) atoms. The molecule has 0 aromatic heterocycles. The van der Waals surface area contributed by atoms with Crippen LogP contribution in [0.5, 0.6) is 0 Å². The van der Waals surface area contributed by atoms with Crippen LogP contribution in [0.1, 0.15) is 0 Å².